The van der Waals surface area contributed by atoms with Crippen molar-refractivity contribution < 1.29 is 9.90 Å². The fraction of sp³-hybridized carbons (Fsp3) is 0.125. The van der Waals surface area contributed by atoms with E-state index >= 15 is 0 Å². The number of carbonyl (C=O) groups is 1. The highest BCUT2D eigenvalue weighted by molar-refractivity contribution is 5.75. The Bertz CT molecular complexity index is 701. The minimum atomic E-state index is -0.834. The number of aromatic amines is 1. The fourth-order valence-electron chi connectivity index (χ4n) is 2.37. The Kier molecular flexibility index (Phi) is 3.21. The van der Waals surface area contributed by atoms with Gasteiger partial charge in [0.25, 0.3) is 0 Å². The molecule has 0 radical (unpaired) electrons. The van der Waals surface area contributed by atoms with E-state index in [2.05, 4.69) is 9.97 Å². The van der Waals surface area contributed by atoms with E-state index in [-0.39, 0.29) is 12.3 Å². The first-order valence-corrected chi connectivity index (χ1v) is 6.45. The lowest BCUT2D eigenvalue weighted by Gasteiger charge is -2.12. The molecule has 2 aromatic carbocycles. The molecule has 1 aromatic heterocycles. The summed E-state index contributed by atoms with van der Waals surface area (Å²) in [6.07, 6.45) is 0.0177. The summed E-state index contributed by atoms with van der Waals surface area (Å²) in [5, 5.41) is 9.14. The highest BCUT2D eigenvalue weighted by atomic mass is 16.4. The number of rotatable bonds is 4. The zero-order valence-corrected chi connectivity index (χ0v) is 10.8. The maximum Gasteiger partial charge on any atom is 0.304 e. The van der Waals surface area contributed by atoms with Gasteiger partial charge in [-0.25, -0.2) is 4.98 Å². The number of aromatic nitrogens is 2. The molecular weight excluding hydrogens is 252 g/mol. The summed E-state index contributed by atoms with van der Waals surface area (Å²) in [6, 6.07) is 17.3. The second kappa shape index (κ2) is 5.17. The molecule has 0 aliphatic heterocycles. The number of carboxylic acids is 1. The van der Waals surface area contributed by atoms with Crippen molar-refractivity contribution in [3.05, 3.63) is 66.0 Å². The van der Waals surface area contributed by atoms with Gasteiger partial charge in [0.05, 0.1) is 23.4 Å². The quantitative estimate of drug-likeness (QED) is 0.762. The number of nitrogens with zero attached hydrogens (tertiary/aromatic N) is 1. The van der Waals surface area contributed by atoms with Gasteiger partial charge >= 0.3 is 5.97 Å². The number of hydrogen-bond acceptors (Lipinski definition) is 2. The van der Waals surface area contributed by atoms with Crippen molar-refractivity contribution in [2.45, 2.75) is 12.3 Å². The summed E-state index contributed by atoms with van der Waals surface area (Å²) in [5.74, 6) is -0.403. The van der Waals surface area contributed by atoms with Gasteiger partial charge < -0.3 is 10.1 Å². The molecule has 0 aliphatic carbocycles. The maximum absolute atomic E-state index is 11.1. The Morgan fingerprint density at radius 2 is 1.80 bits per heavy atom. The van der Waals surface area contributed by atoms with Gasteiger partial charge in [0, 0.05) is 0 Å². The van der Waals surface area contributed by atoms with Crippen LogP contribution in [0.4, 0.5) is 0 Å². The number of imidazole rings is 1. The van der Waals surface area contributed by atoms with E-state index in [9.17, 15) is 4.79 Å². The monoisotopic (exact) mass is 266 g/mol. The molecule has 0 bridgehead atoms. The van der Waals surface area contributed by atoms with Crippen molar-refractivity contribution in [1.29, 1.82) is 0 Å². The van der Waals surface area contributed by atoms with Crippen LogP contribution < -0.4 is 0 Å². The minimum absolute atomic E-state index is 0.0177. The van der Waals surface area contributed by atoms with Crippen molar-refractivity contribution in [3.63, 3.8) is 0 Å². The van der Waals surface area contributed by atoms with Crippen LogP contribution in [0.15, 0.2) is 54.6 Å². The Labute approximate surface area is 116 Å². The molecule has 4 nitrogen and oxygen atoms in total. The van der Waals surface area contributed by atoms with Gasteiger partial charge in [-0.1, -0.05) is 42.5 Å². The average Bonchev–Trinajstić information content (AvgIpc) is 2.89. The molecule has 2 N–H and O–H groups in total. The third kappa shape index (κ3) is 2.40. The molecule has 0 saturated carbocycles. The lowest BCUT2D eigenvalue weighted by atomic mass is 9.95. The molecule has 0 amide bonds. The van der Waals surface area contributed by atoms with Crippen LogP contribution in [0.2, 0.25) is 0 Å². The van der Waals surface area contributed by atoms with Crippen LogP contribution in [-0.2, 0) is 4.79 Å². The van der Waals surface area contributed by atoms with Gasteiger partial charge in [-0.15, -0.1) is 0 Å². The van der Waals surface area contributed by atoms with Crippen LogP contribution in [0, 0.1) is 0 Å². The summed E-state index contributed by atoms with van der Waals surface area (Å²) < 4.78 is 0. The average molecular weight is 266 g/mol. The summed E-state index contributed by atoms with van der Waals surface area (Å²) in [7, 11) is 0. The summed E-state index contributed by atoms with van der Waals surface area (Å²) in [4.78, 5) is 18.9. The third-order valence-corrected chi connectivity index (χ3v) is 3.32. The van der Waals surface area contributed by atoms with Gasteiger partial charge in [-0.3, -0.25) is 4.79 Å². The third-order valence-electron chi connectivity index (χ3n) is 3.32. The molecule has 1 heterocycles. The van der Waals surface area contributed by atoms with E-state index in [0.29, 0.717) is 5.82 Å². The molecule has 1 unspecified atom stereocenters. The summed E-state index contributed by atoms with van der Waals surface area (Å²) in [5.41, 5.74) is 2.73. The van der Waals surface area contributed by atoms with Crippen LogP contribution in [0.1, 0.15) is 23.7 Å². The van der Waals surface area contributed by atoms with Crippen LogP contribution >= 0.6 is 0 Å². The van der Waals surface area contributed by atoms with E-state index in [0.717, 1.165) is 16.6 Å². The number of para-hydroxylation sites is 2. The van der Waals surface area contributed by atoms with Crippen molar-refractivity contribution in [3.8, 4) is 0 Å². The topological polar surface area (TPSA) is 66.0 Å². The lowest BCUT2D eigenvalue weighted by Crippen LogP contribution is -2.09. The summed E-state index contributed by atoms with van der Waals surface area (Å²) >= 11 is 0. The molecule has 1 atom stereocenters. The number of H-pyrrole nitrogens is 1. The van der Waals surface area contributed by atoms with Crippen molar-refractivity contribution >= 4 is 17.0 Å². The molecule has 0 saturated heterocycles. The van der Waals surface area contributed by atoms with E-state index in [1.807, 2.05) is 54.6 Å². The molecular formula is C16H14N2O2. The second-order valence-corrected chi connectivity index (χ2v) is 4.70. The summed E-state index contributed by atoms with van der Waals surface area (Å²) in [6.45, 7) is 0. The zero-order valence-electron chi connectivity index (χ0n) is 10.8. The van der Waals surface area contributed by atoms with Crippen molar-refractivity contribution in [2.75, 3.05) is 0 Å². The van der Waals surface area contributed by atoms with Gasteiger partial charge in [0.15, 0.2) is 0 Å². The Balaban J connectivity index is 2.06. The van der Waals surface area contributed by atoms with Crippen LogP contribution in [0.3, 0.4) is 0 Å². The minimum Gasteiger partial charge on any atom is -0.481 e. The highest BCUT2D eigenvalue weighted by Gasteiger charge is 2.21. The molecule has 3 rings (SSSR count). The van der Waals surface area contributed by atoms with E-state index < -0.39 is 5.97 Å². The first kappa shape index (κ1) is 12.4. The predicted molar refractivity (Wildman–Crippen MR) is 76.6 cm³/mol. The van der Waals surface area contributed by atoms with Gasteiger partial charge in [0.1, 0.15) is 5.82 Å². The first-order valence-electron chi connectivity index (χ1n) is 6.45. The zero-order chi connectivity index (χ0) is 13.9. The smallest absolute Gasteiger partial charge is 0.304 e. The van der Waals surface area contributed by atoms with Crippen molar-refractivity contribution in [1.82, 2.24) is 9.97 Å². The van der Waals surface area contributed by atoms with Gasteiger partial charge in [0.2, 0.25) is 0 Å². The molecule has 0 spiro atoms. The standard InChI is InChI=1S/C16H14N2O2/c19-15(20)10-12(11-6-2-1-3-7-11)16-17-13-8-4-5-9-14(13)18-16/h1-9,12H,10H2,(H,17,18)(H,19,20). The molecule has 20 heavy (non-hydrogen) atoms. The lowest BCUT2D eigenvalue weighted by molar-refractivity contribution is -0.137. The molecule has 0 fully saturated rings. The Hall–Kier alpha value is -2.62. The number of benzene rings is 2. The van der Waals surface area contributed by atoms with Crippen LogP contribution in [0.25, 0.3) is 11.0 Å². The molecule has 0 aliphatic rings. The Morgan fingerprint density at radius 1 is 1.10 bits per heavy atom. The number of carboxylic acid groups (broad SMARTS) is 1. The van der Waals surface area contributed by atoms with Crippen molar-refractivity contribution in [2.24, 2.45) is 0 Å². The largest absolute Gasteiger partial charge is 0.481 e. The SMILES string of the molecule is O=C(O)CC(c1ccccc1)c1nc2ccccc2[nH]1. The number of nitrogens with one attached hydrogen (secondary N) is 1. The fourth-order valence-corrected chi connectivity index (χ4v) is 2.37. The normalized spacial score (nSPS) is 12.4. The number of aliphatic carboxylic acids is 1. The molecule has 100 valence electrons. The highest BCUT2D eigenvalue weighted by Crippen LogP contribution is 2.27. The Morgan fingerprint density at radius 3 is 2.50 bits per heavy atom. The molecule has 3 aromatic rings. The predicted octanol–water partition coefficient (Wildman–Crippen LogP) is 3.17. The van der Waals surface area contributed by atoms with Gasteiger partial charge in [-0.2, -0.15) is 0 Å². The first-order chi connectivity index (χ1) is 9.74. The van der Waals surface area contributed by atoms with Crippen LogP contribution in [-0.4, -0.2) is 21.0 Å². The van der Waals surface area contributed by atoms with Gasteiger partial charge in [-0.05, 0) is 17.7 Å². The maximum atomic E-state index is 11.1. The second-order valence-electron chi connectivity index (χ2n) is 4.70. The van der Waals surface area contributed by atoms with E-state index in [1.54, 1.807) is 0 Å². The van der Waals surface area contributed by atoms with E-state index in [4.69, 9.17) is 5.11 Å². The number of fused-ring (bicyclic) bond motifs is 1. The van der Waals surface area contributed by atoms with E-state index in [1.165, 1.54) is 0 Å². The molecule has 4 heteroatoms. The van der Waals surface area contributed by atoms with Crippen LogP contribution in [0.5, 0.6) is 0 Å². The number of hydrogen-bond donors (Lipinski definition) is 2.